The monoisotopic (exact) mass is 519 g/mol. The molecule has 184 valence electrons. The fraction of sp³-hybridized carbons (Fsp3) is 0. The van der Waals surface area contributed by atoms with Crippen molar-refractivity contribution >= 4 is 43.4 Å². The fourth-order valence-corrected chi connectivity index (χ4v) is 6.27. The zero-order valence-corrected chi connectivity index (χ0v) is 21.6. The summed E-state index contributed by atoms with van der Waals surface area (Å²) in [6.45, 7) is 0. The SMILES string of the molecule is c1ccc(-c2cccc(-n3c4ccccc4c4ccc(-c5nc6cc(-n7cccn7)ccc6s5)cc43)c2)nc1. The molecule has 0 aliphatic rings. The van der Waals surface area contributed by atoms with Gasteiger partial charge in [-0.05, 0) is 60.7 Å². The van der Waals surface area contributed by atoms with Crippen LogP contribution in [0.4, 0.5) is 0 Å². The van der Waals surface area contributed by atoms with E-state index in [4.69, 9.17) is 4.98 Å². The van der Waals surface area contributed by atoms with Crippen molar-refractivity contribution in [2.24, 2.45) is 0 Å². The molecular weight excluding hydrogens is 498 g/mol. The third-order valence-electron chi connectivity index (χ3n) is 7.13. The predicted octanol–water partition coefficient (Wildman–Crippen LogP) is 8.31. The normalized spacial score (nSPS) is 11.6. The average molecular weight is 520 g/mol. The first-order valence-electron chi connectivity index (χ1n) is 12.8. The maximum atomic E-state index is 5.03. The molecule has 0 fully saturated rings. The summed E-state index contributed by atoms with van der Waals surface area (Å²) in [4.78, 5) is 9.60. The van der Waals surface area contributed by atoms with Crippen LogP contribution in [0.2, 0.25) is 0 Å². The van der Waals surface area contributed by atoms with Crippen molar-refractivity contribution in [1.82, 2.24) is 24.3 Å². The van der Waals surface area contributed by atoms with E-state index in [1.165, 1.54) is 16.3 Å². The van der Waals surface area contributed by atoms with Gasteiger partial charge in [-0.15, -0.1) is 11.3 Å². The van der Waals surface area contributed by atoms with Crippen LogP contribution in [0.15, 0.2) is 128 Å². The maximum Gasteiger partial charge on any atom is 0.124 e. The standard InChI is InChI=1S/C33H21N5S/c1-2-11-30-26(9-1)27-14-12-23(33-36-29-21-24(13-15-32(29)39-33)37-18-6-17-35-37)20-31(27)38(30)25-8-5-7-22(19-25)28-10-3-4-16-34-28/h1-21H. The van der Waals surface area contributed by atoms with Crippen LogP contribution in [0, 0.1) is 0 Å². The highest BCUT2D eigenvalue weighted by atomic mass is 32.1. The molecule has 0 saturated heterocycles. The third kappa shape index (κ3) is 3.65. The molecule has 0 saturated carbocycles. The van der Waals surface area contributed by atoms with E-state index < -0.39 is 0 Å². The van der Waals surface area contributed by atoms with Gasteiger partial charge in [0.15, 0.2) is 0 Å². The van der Waals surface area contributed by atoms with Gasteiger partial charge in [0.2, 0.25) is 0 Å². The number of hydrogen-bond acceptors (Lipinski definition) is 4. The number of pyridine rings is 1. The van der Waals surface area contributed by atoms with Gasteiger partial charge in [-0.3, -0.25) is 4.98 Å². The van der Waals surface area contributed by atoms with E-state index in [0.29, 0.717) is 0 Å². The number of fused-ring (bicyclic) bond motifs is 4. The second-order valence-electron chi connectivity index (χ2n) is 9.47. The van der Waals surface area contributed by atoms with Gasteiger partial charge in [0.05, 0.1) is 32.6 Å². The van der Waals surface area contributed by atoms with Crippen molar-refractivity contribution in [1.29, 1.82) is 0 Å². The van der Waals surface area contributed by atoms with Gasteiger partial charge in [-0.2, -0.15) is 5.10 Å². The van der Waals surface area contributed by atoms with Crippen LogP contribution in [0.3, 0.4) is 0 Å². The van der Waals surface area contributed by atoms with Gasteiger partial charge in [-0.1, -0.05) is 48.5 Å². The summed E-state index contributed by atoms with van der Waals surface area (Å²) in [5.41, 5.74) is 8.59. The van der Waals surface area contributed by atoms with Crippen LogP contribution in [0.1, 0.15) is 0 Å². The molecule has 0 aliphatic carbocycles. The van der Waals surface area contributed by atoms with Crippen molar-refractivity contribution in [3.05, 3.63) is 128 Å². The topological polar surface area (TPSA) is 48.5 Å². The number of thiazole rings is 1. The Hall–Kier alpha value is -5.07. The Labute approximate surface area is 228 Å². The average Bonchev–Trinajstić information content (AvgIpc) is 3.75. The number of aromatic nitrogens is 5. The van der Waals surface area contributed by atoms with Crippen LogP contribution in [-0.2, 0) is 0 Å². The van der Waals surface area contributed by atoms with Crippen molar-refractivity contribution in [2.75, 3.05) is 0 Å². The predicted molar refractivity (Wildman–Crippen MR) is 160 cm³/mol. The fourth-order valence-electron chi connectivity index (χ4n) is 5.32. The van der Waals surface area contributed by atoms with Gasteiger partial charge in [0, 0.05) is 46.2 Å². The van der Waals surface area contributed by atoms with Crippen molar-refractivity contribution in [2.45, 2.75) is 0 Å². The lowest BCUT2D eigenvalue weighted by atomic mass is 10.1. The summed E-state index contributed by atoms with van der Waals surface area (Å²) in [5.74, 6) is 0. The lowest BCUT2D eigenvalue weighted by molar-refractivity contribution is 0.882. The molecule has 0 unspecified atom stereocenters. The Morgan fingerprint density at radius 2 is 1.54 bits per heavy atom. The highest BCUT2D eigenvalue weighted by molar-refractivity contribution is 7.21. The number of para-hydroxylation sites is 1. The van der Waals surface area contributed by atoms with E-state index in [1.807, 2.05) is 41.3 Å². The Balaban J connectivity index is 1.31. The molecule has 0 atom stereocenters. The molecule has 8 aromatic rings. The van der Waals surface area contributed by atoms with E-state index in [-0.39, 0.29) is 0 Å². The van der Waals surface area contributed by atoms with Crippen LogP contribution in [0.5, 0.6) is 0 Å². The second kappa shape index (κ2) is 8.75. The van der Waals surface area contributed by atoms with Gasteiger partial charge in [0.25, 0.3) is 0 Å². The van der Waals surface area contributed by atoms with E-state index in [2.05, 4.69) is 99.6 Å². The molecule has 4 heterocycles. The van der Waals surface area contributed by atoms with Crippen molar-refractivity contribution in [3.63, 3.8) is 0 Å². The molecule has 0 amide bonds. The summed E-state index contributed by atoms with van der Waals surface area (Å²) in [7, 11) is 0. The lowest BCUT2D eigenvalue weighted by Crippen LogP contribution is -1.95. The smallest absolute Gasteiger partial charge is 0.124 e. The van der Waals surface area contributed by atoms with Crippen LogP contribution in [0.25, 0.3) is 65.2 Å². The van der Waals surface area contributed by atoms with E-state index in [1.54, 1.807) is 17.5 Å². The molecule has 5 nitrogen and oxygen atoms in total. The number of hydrogen-bond donors (Lipinski definition) is 0. The minimum atomic E-state index is 0.963. The second-order valence-corrected chi connectivity index (χ2v) is 10.5. The Kier molecular flexibility index (Phi) is 4.93. The summed E-state index contributed by atoms with van der Waals surface area (Å²) in [6, 6.07) is 38.2. The minimum absolute atomic E-state index is 0.963. The lowest BCUT2D eigenvalue weighted by Gasteiger charge is -2.10. The molecule has 0 aliphatic heterocycles. The summed E-state index contributed by atoms with van der Waals surface area (Å²) < 4.78 is 5.37. The van der Waals surface area contributed by atoms with Crippen molar-refractivity contribution < 1.29 is 0 Å². The Morgan fingerprint density at radius 1 is 0.615 bits per heavy atom. The van der Waals surface area contributed by atoms with E-state index >= 15 is 0 Å². The summed E-state index contributed by atoms with van der Waals surface area (Å²) >= 11 is 1.71. The maximum absolute atomic E-state index is 5.03. The number of rotatable bonds is 4. The Bertz CT molecular complexity index is 2120. The van der Waals surface area contributed by atoms with Gasteiger partial charge in [0.1, 0.15) is 5.01 Å². The number of nitrogens with zero attached hydrogens (tertiary/aromatic N) is 5. The van der Waals surface area contributed by atoms with Gasteiger partial charge < -0.3 is 4.57 Å². The molecule has 0 N–H and O–H groups in total. The summed E-state index contributed by atoms with van der Waals surface area (Å²) in [6.07, 6.45) is 5.58. The molecule has 4 aromatic heterocycles. The van der Waals surface area contributed by atoms with Gasteiger partial charge >= 0.3 is 0 Å². The highest BCUT2D eigenvalue weighted by Crippen LogP contribution is 2.37. The molecule has 4 aromatic carbocycles. The molecule has 0 radical (unpaired) electrons. The zero-order valence-electron chi connectivity index (χ0n) is 20.8. The van der Waals surface area contributed by atoms with Crippen molar-refractivity contribution in [3.8, 4) is 33.2 Å². The highest BCUT2D eigenvalue weighted by Gasteiger charge is 2.15. The van der Waals surface area contributed by atoms with Crippen LogP contribution in [-0.4, -0.2) is 24.3 Å². The third-order valence-corrected chi connectivity index (χ3v) is 8.21. The molecule has 0 bridgehead atoms. The van der Waals surface area contributed by atoms with Gasteiger partial charge in [-0.25, -0.2) is 9.67 Å². The molecular formula is C33H21N5S. The Morgan fingerprint density at radius 3 is 2.44 bits per heavy atom. The zero-order chi connectivity index (χ0) is 25.8. The first kappa shape index (κ1) is 22.0. The molecule has 39 heavy (non-hydrogen) atoms. The molecule has 8 rings (SSSR count). The molecule has 6 heteroatoms. The minimum Gasteiger partial charge on any atom is -0.309 e. The first-order chi connectivity index (χ1) is 19.3. The quantitative estimate of drug-likeness (QED) is 0.235. The van der Waals surface area contributed by atoms with Crippen LogP contribution >= 0.6 is 11.3 Å². The van der Waals surface area contributed by atoms with E-state index in [0.717, 1.165) is 48.9 Å². The van der Waals surface area contributed by atoms with Crippen LogP contribution < -0.4 is 0 Å². The largest absolute Gasteiger partial charge is 0.309 e. The summed E-state index contributed by atoms with van der Waals surface area (Å²) in [5, 5.41) is 7.82. The first-order valence-corrected chi connectivity index (χ1v) is 13.6. The molecule has 0 spiro atoms. The number of benzene rings is 4. The van der Waals surface area contributed by atoms with E-state index in [9.17, 15) is 0 Å².